The fraction of sp³-hybridized carbons (Fsp3) is 0.643. The number of hydrogen-bond donors (Lipinski definition) is 1. The van der Waals surface area contributed by atoms with Gasteiger partial charge in [-0.25, -0.2) is 0 Å². The molecule has 1 saturated carbocycles. The molecule has 1 aromatic heterocycles. The predicted octanol–water partition coefficient (Wildman–Crippen LogP) is 1.37. The van der Waals surface area contributed by atoms with E-state index in [1.807, 2.05) is 18.3 Å². The molecule has 1 aliphatic carbocycles. The van der Waals surface area contributed by atoms with Gasteiger partial charge in [0, 0.05) is 30.9 Å². The summed E-state index contributed by atoms with van der Waals surface area (Å²) in [5, 5.41) is 3.53. The monoisotopic (exact) mass is 248 g/mol. The molecule has 0 amide bonds. The first kappa shape index (κ1) is 12.1. The van der Waals surface area contributed by atoms with Crippen LogP contribution in [-0.2, 0) is 16.1 Å². The van der Waals surface area contributed by atoms with Crippen LogP contribution in [0.25, 0.3) is 0 Å². The topological polar surface area (TPSA) is 43.4 Å². The van der Waals surface area contributed by atoms with Gasteiger partial charge in [0.2, 0.25) is 0 Å². The van der Waals surface area contributed by atoms with Gasteiger partial charge in [0.15, 0.2) is 0 Å². The highest BCUT2D eigenvalue weighted by Gasteiger charge is 2.38. The Hall–Kier alpha value is -0.970. The fourth-order valence-corrected chi connectivity index (χ4v) is 2.95. The zero-order valence-electron chi connectivity index (χ0n) is 10.5. The second-order valence-electron chi connectivity index (χ2n) is 5.11. The van der Waals surface area contributed by atoms with E-state index >= 15 is 0 Å². The second kappa shape index (κ2) is 5.78. The van der Waals surface area contributed by atoms with Gasteiger partial charge in [-0.05, 0) is 24.5 Å². The van der Waals surface area contributed by atoms with Gasteiger partial charge in [-0.1, -0.05) is 6.07 Å². The predicted molar refractivity (Wildman–Crippen MR) is 68.1 cm³/mol. The number of nitrogens with zero attached hydrogens (tertiary/aromatic N) is 1. The molecular formula is C14H20N2O2. The van der Waals surface area contributed by atoms with Gasteiger partial charge in [0.25, 0.3) is 0 Å². The Balaban J connectivity index is 1.46. The van der Waals surface area contributed by atoms with E-state index in [-0.39, 0.29) is 0 Å². The molecule has 0 radical (unpaired) electrons. The number of nitrogens with one attached hydrogen (secondary N) is 1. The Kier molecular flexibility index (Phi) is 3.88. The number of rotatable bonds is 4. The average Bonchev–Trinajstić information content (AvgIpc) is 2.84. The van der Waals surface area contributed by atoms with Gasteiger partial charge in [-0.2, -0.15) is 0 Å². The van der Waals surface area contributed by atoms with Crippen LogP contribution >= 0.6 is 0 Å². The summed E-state index contributed by atoms with van der Waals surface area (Å²) in [6.45, 7) is 3.26. The maximum absolute atomic E-state index is 5.86. The minimum Gasteiger partial charge on any atom is -0.376 e. The lowest BCUT2D eigenvalue weighted by atomic mass is 10.1. The molecule has 2 heterocycles. The molecule has 18 heavy (non-hydrogen) atoms. The maximum Gasteiger partial charge on any atom is 0.0778 e. The van der Waals surface area contributed by atoms with E-state index in [4.69, 9.17) is 9.47 Å². The lowest BCUT2D eigenvalue weighted by Gasteiger charge is -2.30. The van der Waals surface area contributed by atoms with Gasteiger partial charge >= 0.3 is 0 Å². The van der Waals surface area contributed by atoms with Gasteiger partial charge in [-0.3, -0.25) is 4.98 Å². The van der Waals surface area contributed by atoms with Gasteiger partial charge in [0.05, 0.1) is 25.9 Å². The van der Waals surface area contributed by atoms with E-state index in [1.54, 1.807) is 6.20 Å². The first-order valence-electron chi connectivity index (χ1n) is 6.75. The van der Waals surface area contributed by atoms with Crippen LogP contribution in [0.4, 0.5) is 0 Å². The zero-order chi connectivity index (χ0) is 12.2. The maximum atomic E-state index is 5.86. The summed E-state index contributed by atoms with van der Waals surface area (Å²) in [6, 6.07) is 4.53. The van der Waals surface area contributed by atoms with Crippen molar-refractivity contribution in [3.63, 3.8) is 0 Å². The molecule has 2 aliphatic rings. The molecule has 0 unspecified atom stereocenters. The number of fused-ring (bicyclic) bond motifs is 1. The van der Waals surface area contributed by atoms with Gasteiger partial charge < -0.3 is 14.8 Å². The highest BCUT2D eigenvalue weighted by molar-refractivity contribution is 5.06. The summed E-state index contributed by atoms with van der Waals surface area (Å²) in [7, 11) is 0. The lowest BCUT2D eigenvalue weighted by molar-refractivity contribution is -0.0399. The molecular weight excluding hydrogens is 228 g/mol. The van der Waals surface area contributed by atoms with Crippen molar-refractivity contribution in [1.82, 2.24) is 10.3 Å². The van der Waals surface area contributed by atoms with Crippen LogP contribution in [-0.4, -0.2) is 36.9 Å². The Morgan fingerprint density at radius 2 is 2.44 bits per heavy atom. The molecule has 3 atom stereocenters. The minimum atomic E-state index is 0.354. The molecule has 4 nitrogen and oxygen atoms in total. The molecule has 1 aromatic rings. The van der Waals surface area contributed by atoms with E-state index in [0.717, 1.165) is 25.3 Å². The third-order valence-corrected chi connectivity index (χ3v) is 3.85. The van der Waals surface area contributed by atoms with E-state index in [0.29, 0.717) is 24.7 Å². The molecule has 0 bridgehead atoms. The third-order valence-electron chi connectivity index (χ3n) is 3.85. The number of pyridine rings is 1. The SMILES string of the molecule is c1cncc(COC[C@@H]2CC[C@H]3NCCO[C@H]23)c1. The lowest BCUT2D eigenvalue weighted by Crippen LogP contribution is -2.47. The van der Waals surface area contributed by atoms with Crippen LogP contribution in [0.2, 0.25) is 0 Å². The molecule has 1 saturated heterocycles. The Labute approximate surface area is 108 Å². The van der Waals surface area contributed by atoms with Crippen molar-refractivity contribution < 1.29 is 9.47 Å². The summed E-state index contributed by atoms with van der Waals surface area (Å²) < 4.78 is 11.7. The second-order valence-corrected chi connectivity index (χ2v) is 5.11. The molecule has 4 heteroatoms. The summed E-state index contributed by atoms with van der Waals surface area (Å²) in [5.41, 5.74) is 1.13. The minimum absolute atomic E-state index is 0.354. The molecule has 0 aromatic carbocycles. The number of ether oxygens (including phenoxy) is 2. The Morgan fingerprint density at radius 3 is 3.33 bits per heavy atom. The van der Waals surface area contributed by atoms with Gasteiger partial charge in [0.1, 0.15) is 0 Å². The van der Waals surface area contributed by atoms with Crippen LogP contribution in [0.1, 0.15) is 18.4 Å². The normalized spacial score (nSPS) is 31.2. The zero-order valence-corrected chi connectivity index (χ0v) is 10.5. The highest BCUT2D eigenvalue weighted by Crippen LogP contribution is 2.30. The van der Waals surface area contributed by atoms with Crippen molar-refractivity contribution in [2.75, 3.05) is 19.8 Å². The van der Waals surface area contributed by atoms with Crippen LogP contribution in [0, 0.1) is 5.92 Å². The van der Waals surface area contributed by atoms with Gasteiger partial charge in [-0.15, -0.1) is 0 Å². The Bertz CT molecular complexity index is 371. The Morgan fingerprint density at radius 1 is 1.44 bits per heavy atom. The average molecular weight is 248 g/mol. The first-order valence-corrected chi connectivity index (χ1v) is 6.75. The van der Waals surface area contributed by atoms with Crippen LogP contribution in [0.3, 0.4) is 0 Å². The molecule has 2 fully saturated rings. The van der Waals surface area contributed by atoms with Crippen molar-refractivity contribution in [2.45, 2.75) is 31.6 Å². The van der Waals surface area contributed by atoms with E-state index in [2.05, 4.69) is 10.3 Å². The fourth-order valence-electron chi connectivity index (χ4n) is 2.95. The smallest absolute Gasteiger partial charge is 0.0778 e. The first-order chi connectivity index (χ1) is 8.93. The molecule has 1 N–H and O–H groups in total. The van der Waals surface area contributed by atoms with E-state index < -0.39 is 0 Å². The number of hydrogen-bond acceptors (Lipinski definition) is 4. The summed E-state index contributed by atoms with van der Waals surface area (Å²) >= 11 is 0. The van der Waals surface area contributed by atoms with Crippen molar-refractivity contribution in [2.24, 2.45) is 5.92 Å². The van der Waals surface area contributed by atoms with Crippen molar-refractivity contribution in [1.29, 1.82) is 0 Å². The van der Waals surface area contributed by atoms with E-state index in [1.165, 1.54) is 12.8 Å². The van der Waals surface area contributed by atoms with Crippen LogP contribution in [0.15, 0.2) is 24.5 Å². The standard InChI is InChI=1S/C14H20N2O2/c1-2-11(8-15-5-1)9-17-10-12-3-4-13-14(12)18-7-6-16-13/h1-2,5,8,12-14,16H,3-4,6-7,9-10H2/t12-,13+,14+/m0/s1. The summed E-state index contributed by atoms with van der Waals surface area (Å²) in [4.78, 5) is 4.09. The van der Waals surface area contributed by atoms with E-state index in [9.17, 15) is 0 Å². The van der Waals surface area contributed by atoms with Crippen molar-refractivity contribution in [3.05, 3.63) is 30.1 Å². The summed E-state index contributed by atoms with van der Waals surface area (Å²) in [6.07, 6.45) is 6.41. The molecule has 98 valence electrons. The van der Waals surface area contributed by atoms with Crippen molar-refractivity contribution in [3.8, 4) is 0 Å². The largest absolute Gasteiger partial charge is 0.376 e. The third kappa shape index (κ3) is 2.71. The molecule has 1 aliphatic heterocycles. The molecule has 3 rings (SSSR count). The number of aromatic nitrogens is 1. The van der Waals surface area contributed by atoms with Crippen LogP contribution in [0.5, 0.6) is 0 Å². The molecule has 0 spiro atoms. The summed E-state index contributed by atoms with van der Waals surface area (Å²) in [5.74, 6) is 0.541. The quantitative estimate of drug-likeness (QED) is 0.874. The number of morpholine rings is 1. The van der Waals surface area contributed by atoms with Crippen molar-refractivity contribution >= 4 is 0 Å². The highest BCUT2D eigenvalue weighted by atomic mass is 16.5. The van der Waals surface area contributed by atoms with Crippen LogP contribution < -0.4 is 5.32 Å².